The smallest absolute Gasteiger partial charge is 0.337 e. The first-order valence-electron chi connectivity index (χ1n) is 14.4. The van der Waals surface area contributed by atoms with Gasteiger partial charge in [0.25, 0.3) is 5.91 Å². The van der Waals surface area contributed by atoms with Gasteiger partial charge in [-0.1, -0.05) is 66.7 Å². The van der Waals surface area contributed by atoms with Crippen LogP contribution >= 0.6 is 0 Å². The fraction of sp³-hybridized carbons (Fsp3) is 0.294. The van der Waals surface area contributed by atoms with E-state index in [0.717, 1.165) is 44.1 Å². The van der Waals surface area contributed by atoms with Crippen molar-refractivity contribution >= 4 is 23.3 Å². The summed E-state index contributed by atoms with van der Waals surface area (Å²) in [5.41, 5.74) is 2.82. The summed E-state index contributed by atoms with van der Waals surface area (Å²) in [6.45, 7) is 6.07. The van der Waals surface area contributed by atoms with Crippen molar-refractivity contribution < 1.29 is 23.8 Å². The van der Waals surface area contributed by atoms with Crippen LogP contribution in [-0.2, 0) is 30.3 Å². The average molecular weight is 566 g/mol. The van der Waals surface area contributed by atoms with Crippen LogP contribution in [0.15, 0.2) is 108 Å². The molecule has 8 nitrogen and oxygen atoms in total. The standard InChI is InChI=1S/C34H35N3O5/c1-2-41-33(39)30-29(32(38)36-27-11-7-4-8-12-27)28-17-18-34(30,42-28)31(35-26-9-5-3-6-10-26)25-15-13-24(14-16-25)23-37-19-21-40-22-20-37/h3-18,28,31,35H,2,19-23H2,1H3,(H,36,38). The third kappa shape index (κ3) is 5.61. The minimum Gasteiger partial charge on any atom is -0.463 e. The molecule has 1 fully saturated rings. The molecular weight excluding hydrogens is 530 g/mol. The van der Waals surface area contributed by atoms with Crippen molar-refractivity contribution in [3.8, 4) is 0 Å². The van der Waals surface area contributed by atoms with Crippen molar-refractivity contribution in [1.29, 1.82) is 0 Å². The molecule has 6 rings (SSSR count). The van der Waals surface area contributed by atoms with Crippen LogP contribution in [0.3, 0.4) is 0 Å². The van der Waals surface area contributed by atoms with E-state index < -0.39 is 23.7 Å². The third-order valence-electron chi connectivity index (χ3n) is 7.88. The second kappa shape index (κ2) is 12.3. The molecule has 0 aliphatic carbocycles. The first kappa shape index (κ1) is 27.9. The van der Waals surface area contributed by atoms with E-state index in [1.54, 1.807) is 19.1 Å². The minimum absolute atomic E-state index is 0.174. The summed E-state index contributed by atoms with van der Waals surface area (Å²) in [5.74, 6) is -0.953. The van der Waals surface area contributed by atoms with Crippen molar-refractivity contribution in [2.75, 3.05) is 43.5 Å². The molecule has 3 aliphatic heterocycles. The summed E-state index contributed by atoms with van der Waals surface area (Å²) in [4.78, 5) is 29.7. The van der Waals surface area contributed by atoms with Crippen LogP contribution in [0.2, 0.25) is 0 Å². The highest BCUT2D eigenvalue weighted by Gasteiger charge is 2.58. The van der Waals surface area contributed by atoms with Crippen LogP contribution < -0.4 is 10.6 Å². The number of morpholine rings is 1. The number of amides is 1. The van der Waals surface area contributed by atoms with E-state index in [0.29, 0.717) is 5.69 Å². The van der Waals surface area contributed by atoms with Gasteiger partial charge < -0.3 is 24.8 Å². The number of anilines is 2. The predicted octanol–water partition coefficient (Wildman–Crippen LogP) is 4.88. The molecule has 3 aromatic rings. The summed E-state index contributed by atoms with van der Waals surface area (Å²) < 4.78 is 17.7. The number of carbonyl (C=O) groups is 2. The maximum atomic E-state index is 13.7. The van der Waals surface area contributed by atoms with Crippen LogP contribution in [0.4, 0.5) is 11.4 Å². The Morgan fingerprint density at radius 2 is 1.62 bits per heavy atom. The third-order valence-corrected chi connectivity index (χ3v) is 7.88. The lowest BCUT2D eigenvalue weighted by Crippen LogP contribution is -2.42. The van der Waals surface area contributed by atoms with E-state index in [9.17, 15) is 9.59 Å². The van der Waals surface area contributed by atoms with Gasteiger partial charge in [0.15, 0.2) is 0 Å². The molecule has 2 bridgehead atoms. The van der Waals surface area contributed by atoms with Crippen LogP contribution in [0.5, 0.6) is 0 Å². The molecule has 0 saturated carbocycles. The Hall–Kier alpha value is -4.24. The first-order chi connectivity index (χ1) is 20.6. The van der Waals surface area contributed by atoms with Gasteiger partial charge in [-0.15, -0.1) is 0 Å². The molecule has 3 aromatic carbocycles. The molecule has 1 saturated heterocycles. The fourth-order valence-electron chi connectivity index (χ4n) is 5.89. The van der Waals surface area contributed by atoms with Crippen molar-refractivity contribution in [3.05, 3.63) is 119 Å². The Bertz CT molecular complexity index is 1470. The van der Waals surface area contributed by atoms with Gasteiger partial charge in [0.1, 0.15) is 11.7 Å². The summed E-state index contributed by atoms with van der Waals surface area (Å²) in [5, 5.41) is 6.55. The topological polar surface area (TPSA) is 89.1 Å². The van der Waals surface area contributed by atoms with E-state index in [1.807, 2.05) is 60.7 Å². The molecule has 3 unspecified atom stereocenters. The number of hydrogen-bond acceptors (Lipinski definition) is 7. The van der Waals surface area contributed by atoms with Gasteiger partial charge in [-0.3, -0.25) is 9.69 Å². The maximum absolute atomic E-state index is 13.7. The van der Waals surface area contributed by atoms with Crippen molar-refractivity contribution in [1.82, 2.24) is 4.90 Å². The Kier molecular flexibility index (Phi) is 8.19. The van der Waals surface area contributed by atoms with Gasteiger partial charge >= 0.3 is 5.97 Å². The lowest BCUT2D eigenvalue weighted by molar-refractivity contribution is -0.140. The zero-order valence-electron chi connectivity index (χ0n) is 23.6. The van der Waals surface area contributed by atoms with E-state index in [1.165, 1.54) is 5.56 Å². The summed E-state index contributed by atoms with van der Waals surface area (Å²) in [6, 6.07) is 26.8. The van der Waals surface area contributed by atoms with Crippen LogP contribution in [0.1, 0.15) is 24.1 Å². The molecule has 1 amide bonds. The molecule has 216 valence electrons. The van der Waals surface area contributed by atoms with Gasteiger partial charge in [0.2, 0.25) is 0 Å². The number of fused-ring (bicyclic) bond motifs is 2. The summed E-state index contributed by atoms with van der Waals surface area (Å²) in [7, 11) is 0. The number of nitrogens with one attached hydrogen (secondary N) is 2. The SMILES string of the molecule is CCOC(=O)C1=C(C(=O)Nc2ccccc2)C2C=CC1(C(Nc1ccccc1)c1ccc(CN3CCOCC3)cc1)O2. The quantitative estimate of drug-likeness (QED) is 0.268. The van der Waals surface area contributed by atoms with E-state index >= 15 is 0 Å². The highest BCUT2D eigenvalue weighted by Crippen LogP contribution is 2.51. The number of esters is 1. The highest BCUT2D eigenvalue weighted by atomic mass is 16.5. The van der Waals surface area contributed by atoms with E-state index in [-0.39, 0.29) is 23.7 Å². The summed E-state index contributed by atoms with van der Waals surface area (Å²) >= 11 is 0. The predicted molar refractivity (Wildman–Crippen MR) is 161 cm³/mol. The van der Waals surface area contributed by atoms with Gasteiger partial charge in [-0.25, -0.2) is 4.79 Å². The number of carbonyl (C=O) groups excluding carboxylic acids is 2. The van der Waals surface area contributed by atoms with Gasteiger partial charge in [0, 0.05) is 31.0 Å². The number of benzene rings is 3. The molecular formula is C34H35N3O5. The molecule has 42 heavy (non-hydrogen) atoms. The Morgan fingerprint density at radius 3 is 2.29 bits per heavy atom. The number of hydrogen-bond donors (Lipinski definition) is 2. The average Bonchev–Trinajstić information content (AvgIpc) is 3.60. The molecule has 3 aliphatic rings. The zero-order valence-corrected chi connectivity index (χ0v) is 23.6. The molecule has 8 heteroatoms. The molecule has 0 spiro atoms. The molecule has 3 atom stereocenters. The maximum Gasteiger partial charge on any atom is 0.337 e. The molecule has 0 radical (unpaired) electrons. The van der Waals surface area contributed by atoms with Crippen molar-refractivity contribution in [2.24, 2.45) is 0 Å². The second-order valence-electron chi connectivity index (χ2n) is 10.6. The van der Waals surface area contributed by atoms with Crippen LogP contribution in [0.25, 0.3) is 0 Å². The van der Waals surface area contributed by atoms with Gasteiger partial charge in [-0.05, 0) is 48.4 Å². The Morgan fingerprint density at radius 1 is 0.952 bits per heavy atom. The molecule has 0 aromatic heterocycles. The highest BCUT2D eigenvalue weighted by molar-refractivity contribution is 6.12. The molecule has 2 N–H and O–H groups in total. The fourth-order valence-corrected chi connectivity index (χ4v) is 5.89. The van der Waals surface area contributed by atoms with Gasteiger partial charge in [0.05, 0.1) is 37.0 Å². The van der Waals surface area contributed by atoms with Crippen molar-refractivity contribution in [2.45, 2.75) is 31.2 Å². The largest absolute Gasteiger partial charge is 0.463 e. The van der Waals surface area contributed by atoms with E-state index in [2.05, 4.69) is 39.8 Å². The number of para-hydroxylation sites is 2. The zero-order chi connectivity index (χ0) is 28.9. The van der Waals surface area contributed by atoms with Crippen LogP contribution in [0, 0.1) is 0 Å². The minimum atomic E-state index is -1.26. The number of ether oxygens (including phenoxy) is 3. The lowest BCUT2D eigenvalue weighted by Gasteiger charge is -2.36. The lowest BCUT2D eigenvalue weighted by atomic mass is 9.78. The monoisotopic (exact) mass is 565 g/mol. The van der Waals surface area contributed by atoms with Crippen molar-refractivity contribution in [3.63, 3.8) is 0 Å². The summed E-state index contributed by atoms with van der Waals surface area (Å²) in [6.07, 6.45) is 3.06. The first-order valence-corrected chi connectivity index (χ1v) is 14.4. The Labute approximate surface area is 246 Å². The normalized spacial score (nSPS) is 22.2. The number of nitrogens with zero attached hydrogens (tertiary/aromatic N) is 1. The Balaban J connectivity index is 1.39. The van der Waals surface area contributed by atoms with Crippen LogP contribution in [-0.4, -0.2) is 61.4 Å². The molecule has 3 heterocycles. The second-order valence-corrected chi connectivity index (χ2v) is 10.6. The van der Waals surface area contributed by atoms with E-state index in [4.69, 9.17) is 14.2 Å². The van der Waals surface area contributed by atoms with Gasteiger partial charge in [-0.2, -0.15) is 0 Å². The number of rotatable bonds is 10.